The topological polar surface area (TPSA) is 0 Å². The van der Waals surface area contributed by atoms with Gasteiger partial charge in [0, 0.05) is 0 Å². The molecule has 0 radical (unpaired) electrons. The molecule has 4 aromatic rings. The molecular formula is C32H42Cl2Zr-4. The van der Waals surface area contributed by atoms with Gasteiger partial charge in [-0.2, -0.15) is 37.1 Å². The van der Waals surface area contributed by atoms with Crippen molar-refractivity contribution in [3.8, 4) is 0 Å². The van der Waals surface area contributed by atoms with Crippen LogP contribution in [0.2, 0.25) is 0 Å². The van der Waals surface area contributed by atoms with Gasteiger partial charge in [-0.3, -0.25) is 0 Å². The van der Waals surface area contributed by atoms with E-state index in [2.05, 4.69) is 102 Å². The van der Waals surface area contributed by atoms with Crippen LogP contribution in [0.4, 0.5) is 0 Å². The summed E-state index contributed by atoms with van der Waals surface area (Å²) in [5, 5.41) is 5.78. The monoisotopic (exact) mass is 586 g/mol. The van der Waals surface area contributed by atoms with Crippen LogP contribution >= 0.6 is 0 Å². The van der Waals surface area contributed by atoms with Crippen molar-refractivity contribution in [2.75, 3.05) is 0 Å². The third-order valence-electron chi connectivity index (χ3n) is 6.26. The third kappa shape index (κ3) is 10.2. The van der Waals surface area contributed by atoms with Crippen LogP contribution in [0, 0.1) is 13.8 Å². The van der Waals surface area contributed by atoms with Gasteiger partial charge in [-0.15, -0.1) is 56.9 Å². The van der Waals surface area contributed by atoms with E-state index in [-0.39, 0.29) is 51.0 Å². The zero-order chi connectivity index (χ0) is 23.3. The number of rotatable bonds is 7. The Morgan fingerprint density at radius 3 is 1.14 bits per heavy atom. The molecule has 0 nitrogen and oxygen atoms in total. The van der Waals surface area contributed by atoms with Gasteiger partial charge in [0.15, 0.2) is 0 Å². The van der Waals surface area contributed by atoms with E-state index < -0.39 is 0 Å². The Kier molecular flexibility index (Phi) is 21.0. The summed E-state index contributed by atoms with van der Waals surface area (Å²) in [4.78, 5) is 0. The third-order valence-corrected chi connectivity index (χ3v) is 6.26. The van der Waals surface area contributed by atoms with Crippen molar-refractivity contribution in [1.82, 2.24) is 0 Å². The molecule has 0 saturated heterocycles. The minimum absolute atomic E-state index is 0. The summed E-state index contributed by atoms with van der Waals surface area (Å²) in [6.07, 6.45) is 9.13. The van der Waals surface area contributed by atoms with Gasteiger partial charge in [0.1, 0.15) is 0 Å². The fourth-order valence-corrected chi connectivity index (χ4v) is 4.31. The van der Waals surface area contributed by atoms with Crippen LogP contribution in [-0.4, -0.2) is 0 Å². The van der Waals surface area contributed by atoms with Crippen LogP contribution in [0.3, 0.4) is 0 Å². The van der Waals surface area contributed by atoms with Crippen molar-refractivity contribution in [3.63, 3.8) is 0 Å². The summed E-state index contributed by atoms with van der Waals surface area (Å²) in [6, 6.07) is 22.3. The predicted molar refractivity (Wildman–Crippen MR) is 146 cm³/mol. The Balaban J connectivity index is 0. The first kappa shape index (κ1) is 36.3. The van der Waals surface area contributed by atoms with Crippen molar-refractivity contribution < 1.29 is 51.0 Å². The Hall–Kier alpha value is -0.877. The Morgan fingerprint density at radius 1 is 0.543 bits per heavy atom. The first-order valence-corrected chi connectivity index (χ1v) is 12.6. The molecule has 0 N–H and O–H groups in total. The fraction of sp³-hybridized carbons (Fsp3) is 0.375. The number of halogens is 2. The van der Waals surface area contributed by atoms with Crippen molar-refractivity contribution in [2.45, 2.75) is 79.1 Å². The summed E-state index contributed by atoms with van der Waals surface area (Å²) in [7, 11) is 0. The maximum Gasteiger partial charge on any atom is 2.00 e. The van der Waals surface area contributed by atoms with E-state index in [1.807, 2.05) is 0 Å². The van der Waals surface area contributed by atoms with Gasteiger partial charge in [-0.25, -0.2) is 0 Å². The standard InChI is InChI=1S/2C13H15.C6H12.2ClH.Zr/c2*1-3-10-8-9-11(4-2)13-7-5-6-12(10)13;1-3-5-6-4-2;;;/h2*5-9H,3-4H2,1-2H3;1-6H2;2*1H;/q2*-1;-2;;;+2/p-2. The maximum absolute atomic E-state index is 3.70. The van der Waals surface area contributed by atoms with Crippen LogP contribution < -0.4 is 24.8 Å². The molecule has 35 heavy (non-hydrogen) atoms. The smallest absolute Gasteiger partial charge is 1.00 e. The maximum atomic E-state index is 3.70. The van der Waals surface area contributed by atoms with Gasteiger partial charge in [-0.05, 0) is 12.8 Å². The zero-order valence-corrected chi connectivity index (χ0v) is 26.1. The molecule has 4 rings (SSSR count). The second kappa shape index (κ2) is 20.2. The molecule has 0 fully saturated rings. The van der Waals surface area contributed by atoms with E-state index in [0.717, 1.165) is 38.5 Å². The molecule has 192 valence electrons. The number of hydrogen-bond donors (Lipinski definition) is 0. The normalized spacial score (nSPS) is 9.66. The number of benzene rings is 2. The predicted octanol–water partition coefficient (Wildman–Crippen LogP) is 3.59. The molecule has 0 amide bonds. The minimum atomic E-state index is 0. The van der Waals surface area contributed by atoms with E-state index in [1.54, 1.807) is 0 Å². The van der Waals surface area contributed by atoms with Crippen LogP contribution in [0.25, 0.3) is 21.5 Å². The molecule has 0 spiro atoms. The molecule has 0 bridgehead atoms. The summed E-state index contributed by atoms with van der Waals surface area (Å²) in [6.45, 7) is 16.3. The van der Waals surface area contributed by atoms with Crippen molar-refractivity contribution in [2.24, 2.45) is 0 Å². The van der Waals surface area contributed by atoms with Crippen LogP contribution in [0.1, 0.15) is 75.6 Å². The van der Waals surface area contributed by atoms with Crippen LogP contribution in [-0.2, 0) is 51.9 Å². The second-order valence-corrected chi connectivity index (χ2v) is 8.30. The van der Waals surface area contributed by atoms with Gasteiger partial charge in [0.25, 0.3) is 0 Å². The summed E-state index contributed by atoms with van der Waals surface area (Å²) >= 11 is 0. The molecule has 0 unspecified atom stereocenters. The summed E-state index contributed by atoms with van der Waals surface area (Å²) in [5.74, 6) is 0. The Morgan fingerprint density at radius 2 is 0.857 bits per heavy atom. The summed E-state index contributed by atoms with van der Waals surface area (Å²) < 4.78 is 0. The van der Waals surface area contributed by atoms with Crippen molar-refractivity contribution in [3.05, 3.63) is 96.8 Å². The number of unbranched alkanes of at least 4 members (excludes halogenated alkanes) is 3. The average molecular weight is 589 g/mol. The largest absolute Gasteiger partial charge is 2.00 e. The van der Waals surface area contributed by atoms with E-state index in [1.165, 1.54) is 56.6 Å². The van der Waals surface area contributed by atoms with Gasteiger partial charge >= 0.3 is 26.2 Å². The van der Waals surface area contributed by atoms with E-state index >= 15 is 0 Å². The SMILES string of the molecule is CCc1ccc(CC)c2[cH-]ccc12.CCc1ccc(CC)c2[cH-]ccc12.[CH2-]CCCC[CH2-].[Cl-].[Cl-].[Zr+2]. The number of fused-ring (bicyclic) bond motifs is 2. The first-order valence-electron chi connectivity index (χ1n) is 12.6. The molecule has 3 heteroatoms. The molecule has 0 atom stereocenters. The van der Waals surface area contributed by atoms with Crippen LogP contribution in [0.5, 0.6) is 0 Å². The molecule has 0 saturated carbocycles. The molecule has 0 aliphatic heterocycles. The average Bonchev–Trinajstić information content (AvgIpc) is 3.52. The molecule has 0 aliphatic rings. The van der Waals surface area contributed by atoms with E-state index in [0.29, 0.717) is 0 Å². The quantitative estimate of drug-likeness (QED) is 0.229. The second-order valence-electron chi connectivity index (χ2n) is 8.30. The van der Waals surface area contributed by atoms with Crippen LogP contribution in [0.15, 0.2) is 60.7 Å². The van der Waals surface area contributed by atoms with Gasteiger partial charge in [0.2, 0.25) is 0 Å². The fourth-order valence-electron chi connectivity index (χ4n) is 4.31. The number of aryl methyl sites for hydroxylation is 4. The van der Waals surface area contributed by atoms with Gasteiger partial charge < -0.3 is 38.7 Å². The van der Waals surface area contributed by atoms with E-state index in [9.17, 15) is 0 Å². The Bertz CT molecular complexity index is 896. The van der Waals surface area contributed by atoms with Crippen molar-refractivity contribution >= 4 is 21.5 Å². The summed E-state index contributed by atoms with van der Waals surface area (Å²) in [5.41, 5.74) is 5.88. The molecular weight excluding hydrogens is 546 g/mol. The van der Waals surface area contributed by atoms with Gasteiger partial charge in [-0.1, -0.05) is 76.6 Å². The minimum Gasteiger partial charge on any atom is -1.00 e. The molecule has 0 aromatic heterocycles. The Labute approximate surface area is 247 Å². The first-order chi connectivity index (χ1) is 15.6. The van der Waals surface area contributed by atoms with Gasteiger partial charge in [0.05, 0.1) is 0 Å². The van der Waals surface area contributed by atoms with Crippen molar-refractivity contribution in [1.29, 1.82) is 0 Å². The van der Waals surface area contributed by atoms with E-state index in [4.69, 9.17) is 0 Å². The number of hydrogen-bond acceptors (Lipinski definition) is 0. The molecule has 0 heterocycles. The molecule has 4 aromatic carbocycles. The molecule has 0 aliphatic carbocycles. The zero-order valence-electron chi connectivity index (χ0n) is 22.1.